The Morgan fingerprint density at radius 2 is 2.03 bits per heavy atom. The average Bonchev–Trinajstić information content (AvgIpc) is 3.51. The van der Waals surface area contributed by atoms with E-state index in [0.717, 1.165) is 22.5 Å². The van der Waals surface area contributed by atoms with Crippen molar-refractivity contribution in [3.8, 4) is 11.4 Å². The van der Waals surface area contributed by atoms with Crippen LogP contribution >= 0.6 is 0 Å². The second-order valence-corrected chi connectivity index (χ2v) is 9.05. The fourth-order valence-electron chi connectivity index (χ4n) is 4.16. The molecule has 1 aliphatic carbocycles. The quantitative estimate of drug-likeness (QED) is 0.508. The van der Waals surface area contributed by atoms with Crippen LogP contribution in [-0.2, 0) is 4.79 Å². The molecule has 3 aromatic rings. The molecule has 8 heteroatoms. The number of hydrogen-bond donors (Lipinski definition) is 1. The Labute approximate surface area is 204 Å². The van der Waals surface area contributed by atoms with Gasteiger partial charge in [0.15, 0.2) is 0 Å². The van der Waals surface area contributed by atoms with Gasteiger partial charge in [0, 0.05) is 12.7 Å². The zero-order chi connectivity index (χ0) is 24.5. The van der Waals surface area contributed by atoms with Gasteiger partial charge >= 0.3 is 0 Å². The van der Waals surface area contributed by atoms with Crippen LogP contribution in [0.15, 0.2) is 65.7 Å². The van der Waals surface area contributed by atoms with Crippen molar-refractivity contribution in [3.05, 3.63) is 83.3 Å². The number of carbonyl (C=O) groups is 1. The molecular formula is C27H28FN5O2. The van der Waals surface area contributed by atoms with Crippen LogP contribution in [0.1, 0.15) is 42.6 Å². The van der Waals surface area contributed by atoms with E-state index in [0.29, 0.717) is 29.9 Å². The van der Waals surface area contributed by atoms with E-state index >= 15 is 0 Å². The molecule has 2 aromatic carbocycles. The van der Waals surface area contributed by atoms with Crippen molar-refractivity contribution in [1.29, 1.82) is 0 Å². The normalized spacial score (nSPS) is 18.9. The summed E-state index contributed by atoms with van der Waals surface area (Å²) in [6.07, 6.45) is 7.81. The van der Waals surface area contributed by atoms with Crippen LogP contribution in [0.3, 0.4) is 0 Å². The number of carbonyl (C=O) groups excluding carboxylic acids is 1. The lowest BCUT2D eigenvalue weighted by Gasteiger charge is -2.24. The second kappa shape index (κ2) is 9.37. The van der Waals surface area contributed by atoms with Gasteiger partial charge in [0.25, 0.3) is 5.91 Å². The van der Waals surface area contributed by atoms with E-state index < -0.39 is 0 Å². The Balaban J connectivity index is 1.46. The van der Waals surface area contributed by atoms with Crippen LogP contribution in [0, 0.1) is 18.7 Å². The molecule has 180 valence electrons. The van der Waals surface area contributed by atoms with Crippen LogP contribution in [0.2, 0.25) is 0 Å². The summed E-state index contributed by atoms with van der Waals surface area (Å²) in [7, 11) is 1.62. The maximum absolute atomic E-state index is 13.5. The number of benzene rings is 2. The number of rotatable bonds is 7. The number of methoxy groups -OCH3 is 1. The SMILES string of the molecule is COc1cc(/C=C2\NC(=NCC3CC3)N([C@H](C)c3ccc(F)cc3)C2=O)ccc1-n1cnc(C)c1. The summed E-state index contributed by atoms with van der Waals surface area (Å²) in [4.78, 5) is 24.2. The maximum Gasteiger partial charge on any atom is 0.277 e. The van der Waals surface area contributed by atoms with E-state index in [-0.39, 0.29) is 17.8 Å². The number of ether oxygens (including phenoxy) is 1. The summed E-state index contributed by atoms with van der Waals surface area (Å²) in [5, 5.41) is 3.23. The lowest BCUT2D eigenvalue weighted by atomic mass is 10.1. The summed E-state index contributed by atoms with van der Waals surface area (Å²) >= 11 is 0. The van der Waals surface area contributed by atoms with Crippen molar-refractivity contribution in [2.24, 2.45) is 10.9 Å². The average molecular weight is 474 g/mol. The molecule has 0 radical (unpaired) electrons. The van der Waals surface area contributed by atoms with E-state index in [9.17, 15) is 9.18 Å². The smallest absolute Gasteiger partial charge is 0.277 e. The number of guanidine groups is 1. The minimum Gasteiger partial charge on any atom is -0.495 e. The first-order chi connectivity index (χ1) is 16.9. The lowest BCUT2D eigenvalue weighted by molar-refractivity contribution is -0.123. The fourth-order valence-corrected chi connectivity index (χ4v) is 4.16. The van der Waals surface area contributed by atoms with Gasteiger partial charge in [0.05, 0.1) is 30.9 Å². The van der Waals surface area contributed by atoms with Gasteiger partial charge in [0.2, 0.25) is 5.96 Å². The van der Waals surface area contributed by atoms with Crippen molar-refractivity contribution in [2.75, 3.05) is 13.7 Å². The van der Waals surface area contributed by atoms with Crippen LogP contribution < -0.4 is 10.1 Å². The fraction of sp³-hybridized carbons (Fsp3) is 0.296. The van der Waals surface area contributed by atoms with Crippen LogP contribution in [0.25, 0.3) is 11.8 Å². The van der Waals surface area contributed by atoms with E-state index in [2.05, 4.69) is 10.3 Å². The van der Waals surface area contributed by atoms with Crippen molar-refractivity contribution >= 4 is 17.9 Å². The second-order valence-electron chi connectivity index (χ2n) is 9.05. The minimum atomic E-state index is -0.307. The Bertz CT molecular complexity index is 1310. The zero-order valence-corrected chi connectivity index (χ0v) is 20.0. The highest BCUT2D eigenvalue weighted by atomic mass is 19.1. The standard InChI is InChI=1S/C27H28FN5O2/c1-17-15-32(16-30-17)24-11-6-20(13-25(24)35-3)12-23-26(34)33(27(31-23)29-14-19-4-5-19)18(2)21-7-9-22(28)10-8-21/h6-13,15-16,18-19H,4-5,14H2,1-3H3,(H,29,31)/b23-12-/t18-/m1/s1. The number of imidazole rings is 1. The summed E-state index contributed by atoms with van der Waals surface area (Å²) < 4.78 is 21.0. The molecule has 2 aliphatic rings. The molecule has 1 saturated carbocycles. The van der Waals surface area contributed by atoms with Gasteiger partial charge in [-0.2, -0.15) is 0 Å². The van der Waals surface area contributed by atoms with Crippen LogP contribution in [0.5, 0.6) is 5.75 Å². The summed E-state index contributed by atoms with van der Waals surface area (Å²) in [5.74, 6) is 1.30. The molecule has 35 heavy (non-hydrogen) atoms. The molecule has 1 atom stereocenters. The van der Waals surface area contributed by atoms with Gasteiger partial charge in [-0.1, -0.05) is 18.2 Å². The summed E-state index contributed by atoms with van der Waals surface area (Å²) in [6.45, 7) is 4.54. The van der Waals surface area contributed by atoms with E-state index in [1.54, 1.807) is 36.5 Å². The molecule has 0 bridgehead atoms. The van der Waals surface area contributed by atoms with Crippen molar-refractivity contribution < 1.29 is 13.9 Å². The van der Waals surface area contributed by atoms with Crippen molar-refractivity contribution in [2.45, 2.75) is 32.7 Å². The molecule has 1 saturated heterocycles. The largest absolute Gasteiger partial charge is 0.495 e. The van der Waals surface area contributed by atoms with Crippen molar-refractivity contribution in [3.63, 3.8) is 0 Å². The third-order valence-electron chi connectivity index (χ3n) is 6.36. The Hall–Kier alpha value is -3.94. The minimum absolute atomic E-state index is 0.176. The van der Waals surface area contributed by atoms with E-state index in [4.69, 9.17) is 9.73 Å². The number of aliphatic imine (C=N–C) groups is 1. The van der Waals surface area contributed by atoms with E-state index in [1.165, 1.54) is 25.0 Å². The molecule has 0 spiro atoms. The molecule has 1 amide bonds. The van der Waals surface area contributed by atoms with Gasteiger partial charge in [-0.05, 0) is 74.1 Å². The highest BCUT2D eigenvalue weighted by molar-refractivity contribution is 6.15. The molecule has 5 rings (SSSR count). The first kappa shape index (κ1) is 22.8. The number of hydrogen-bond acceptors (Lipinski definition) is 4. The Morgan fingerprint density at radius 1 is 1.26 bits per heavy atom. The van der Waals surface area contributed by atoms with E-state index in [1.807, 2.05) is 42.8 Å². The maximum atomic E-state index is 13.5. The summed E-state index contributed by atoms with van der Waals surface area (Å²) in [6, 6.07) is 11.7. The van der Waals surface area contributed by atoms with Gasteiger partial charge in [-0.3, -0.25) is 14.7 Å². The third kappa shape index (κ3) is 4.82. The molecule has 1 N–H and O–H groups in total. The van der Waals surface area contributed by atoms with Gasteiger partial charge in [-0.25, -0.2) is 9.37 Å². The number of halogens is 1. The monoisotopic (exact) mass is 473 g/mol. The molecule has 1 aliphatic heterocycles. The highest BCUT2D eigenvalue weighted by Crippen LogP contribution is 2.31. The number of aromatic nitrogens is 2. The highest BCUT2D eigenvalue weighted by Gasteiger charge is 2.36. The van der Waals surface area contributed by atoms with Gasteiger partial charge in [0.1, 0.15) is 17.3 Å². The topological polar surface area (TPSA) is 71.8 Å². The number of aryl methyl sites for hydroxylation is 1. The zero-order valence-electron chi connectivity index (χ0n) is 20.0. The number of nitrogens with zero attached hydrogens (tertiary/aromatic N) is 4. The number of nitrogens with one attached hydrogen (secondary N) is 1. The first-order valence-corrected chi connectivity index (χ1v) is 11.7. The molecule has 1 aromatic heterocycles. The molecular weight excluding hydrogens is 445 g/mol. The lowest BCUT2D eigenvalue weighted by Crippen LogP contribution is -2.35. The molecule has 2 heterocycles. The molecule has 0 unspecified atom stereocenters. The Morgan fingerprint density at radius 3 is 2.69 bits per heavy atom. The summed E-state index contributed by atoms with van der Waals surface area (Å²) in [5.41, 5.74) is 3.85. The first-order valence-electron chi connectivity index (χ1n) is 11.7. The predicted octanol–water partition coefficient (Wildman–Crippen LogP) is 4.63. The van der Waals surface area contributed by atoms with Crippen molar-refractivity contribution in [1.82, 2.24) is 19.8 Å². The predicted molar refractivity (Wildman–Crippen MR) is 133 cm³/mol. The molecule has 2 fully saturated rings. The third-order valence-corrected chi connectivity index (χ3v) is 6.36. The van der Waals surface area contributed by atoms with Gasteiger partial charge in [-0.15, -0.1) is 0 Å². The van der Waals surface area contributed by atoms with Crippen LogP contribution in [-0.4, -0.2) is 40.0 Å². The Kier molecular flexibility index (Phi) is 6.11. The molecule has 7 nitrogen and oxygen atoms in total. The van der Waals surface area contributed by atoms with Crippen LogP contribution in [0.4, 0.5) is 4.39 Å². The number of amides is 1. The van der Waals surface area contributed by atoms with Gasteiger partial charge < -0.3 is 14.6 Å².